The van der Waals surface area contributed by atoms with Crippen LogP contribution in [0.2, 0.25) is 0 Å². The Bertz CT molecular complexity index is 872. The third-order valence-corrected chi connectivity index (χ3v) is 3.67. The number of fused-ring (bicyclic) bond motifs is 1. The van der Waals surface area contributed by atoms with Crippen LogP contribution >= 0.6 is 0 Å². The minimum atomic E-state index is -4.56. The molecule has 0 aliphatic carbocycles. The fraction of sp³-hybridized carbons (Fsp3) is 0. The van der Waals surface area contributed by atoms with Crippen molar-refractivity contribution in [3.63, 3.8) is 0 Å². The summed E-state index contributed by atoms with van der Waals surface area (Å²) in [4.78, 5) is 3.85. The third kappa shape index (κ3) is 3.12. The number of anilines is 1. The second-order valence-corrected chi connectivity index (χ2v) is 5.57. The molecule has 0 unspecified atom stereocenters. The zero-order valence-electron chi connectivity index (χ0n) is 11.1. The normalized spacial score (nSPS) is 11.3. The number of rotatable bonds is 2. The molecule has 0 atom stereocenters. The van der Waals surface area contributed by atoms with E-state index in [1.54, 1.807) is 24.3 Å². The molecule has 0 aliphatic heterocycles. The summed E-state index contributed by atoms with van der Waals surface area (Å²) < 4.78 is 38.7. The number of hydrogen-bond acceptors (Lipinski definition) is 6. The number of hydrogen-bond donors (Lipinski definition) is 1. The van der Waals surface area contributed by atoms with Gasteiger partial charge >= 0.3 is 29.6 Å². The van der Waals surface area contributed by atoms with Crippen LogP contribution in [-0.2, 0) is 10.1 Å². The van der Waals surface area contributed by atoms with Gasteiger partial charge in [0, 0.05) is 5.69 Å². The standard InChI is InChI=1S/C13H10N2O4S.Na/c14-10-6-5-8(20(16,17)18)7-9(10)13-15-11-3-1-2-4-12(11)19-13;/h1-7H,14H2,(H,16,17,18);/q;+1/p-1. The predicted molar refractivity (Wildman–Crippen MR) is 71.8 cm³/mol. The molecule has 2 N–H and O–H groups in total. The molecule has 8 heteroatoms. The van der Waals surface area contributed by atoms with E-state index >= 15 is 0 Å². The summed E-state index contributed by atoms with van der Waals surface area (Å²) in [7, 11) is -4.56. The van der Waals surface area contributed by atoms with Crippen molar-refractivity contribution in [1.82, 2.24) is 4.98 Å². The zero-order valence-corrected chi connectivity index (χ0v) is 13.9. The van der Waals surface area contributed by atoms with Crippen molar-refractivity contribution < 1.29 is 46.9 Å². The average molecular weight is 312 g/mol. The molecule has 6 nitrogen and oxygen atoms in total. The molecule has 0 saturated carbocycles. The molecule has 0 aliphatic rings. The Morgan fingerprint density at radius 3 is 2.52 bits per heavy atom. The molecule has 21 heavy (non-hydrogen) atoms. The minimum Gasteiger partial charge on any atom is -0.744 e. The molecule has 1 heterocycles. The first kappa shape index (κ1) is 16.0. The van der Waals surface area contributed by atoms with Crippen molar-refractivity contribution in [2.75, 3.05) is 5.73 Å². The SMILES string of the molecule is Nc1ccc(S(=O)(=O)[O-])cc1-c1nc2ccccc2o1.[Na+]. The van der Waals surface area contributed by atoms with Crippen molar-refractivity contribution in [3.05, 3.63) is 42.5 Å². The molecule has 0 amide bonds. The first-order chi connectivity index (χ1) is 9.45. The minimum absolute atomic E-state index is 0. The molecule has 3 aromatic rings. The quantitative estimate of drug-likeness (QED) is 0.369. The van der Waals surface area contributed by atoms with Crippen LogP contribution < -0.4 is 35.3 Å². The van der Waals surface area contributed by atoms with Gasteiger partial charge in [-0.3, -0.25) is 0 Å². The second-order valence-electron chi connectivity index (χ2n) is 4.19. The maximum atomic E-state index is 11.1. The van der Waals surface area contributed by atoms with Gasteiger partial charge in [0.15, 0.2) is 5.58 Å². The first-order valence-electron chi connectivity index (χ1n) is 5.66. The molecule has 0 bridgehead atoms. The summed E-state index contributed by atoms with van der Waals surface area (Å²) in [6.45, 7) is 0. The number of aromatic nitrogens is 1. The molecule has 0 spiro atoms. The topological polar surface area (TPSA) is 109 Å². The Morgan fingerprint density at radius 1 is 1.14 bits per heavy atom. The van der Waals surface area contributed by atoms with Gasteiger partial charge < -0.3 is 14.7 Å². The van der Waals surface area contributed by atoms with Crippen LogP contribution in [-0.4, -0.2) is 18.0 Å². The summed E-state index contributed by atoms with van der Waals surface area (Å²) in [6.07, 6.45) is 0. The van der Waals surface area contributed by atoms with E-state index in [1.807, 2.05) is 0 Å². The smallest absolute Gasteiger partial charge is 0.744 e. The molecule has 0 saturated heterocycles. The van der Waals surface area contributed by atoms with Gasteiger partial charge in [0.25, 0.3) is 0 Å². The van der Waals surface area contributed by atoms with Crippen LogP contribution in [0.25, 0.3) is 22.6 Å². The molecular weight excluding hydrogens is 303 g/mol. The third-order valence-electron chi connectivity index (χ3n) is 2.84. The van der Waals surface area contributed by atoms with Crippen LogP contribution in [0.1, 0.15) is 0 Å². The van der Waals surface area contributed by atoms with E-state index in [-0.39, 0.29) is 51.6 Å². The van der Waals surface area contributed by atoms with Crippen molar-refractivity contribution in [1.29, 1.82) is 0 Å². The van der Waals surface area contributed by atoms with Crippen LogP contribution in [0.3, 0.4) is 0 Å². The maximum absolute atomic E-state index is 11.1. The Balaban J connectivity index is 0.00000161. The van der Waals surface area contributed by atoms with Crippen molar-refractivity contribution >= 4 is 26.9 Å². The Labute approximate surface area is 143 Å². The van der Waals surface area contributed by atoms with E-state index in [0.29, 0.717) is 11.1 Å². The van der Waals surface area contributed by atoms with Gasteiger partial charge in [0.1, 0.15) is 15.6 Å². The number of para-hydroxylation sites is 2. The number of nitrogens with zero attached hydrogens (tertiary/aromatic N) is 1. The molecular formula is C13H9N2NaO4S. The van der Waals surface area contributed by atoms with Crippen LogP contribution in [0.15, 0.2) is 51.8 Å². The monoisotopic (exact) mass is 312 g/mol. The van der Waals surface area contributed by atoms with E-state index in [2.05, 4.69) is 4.98 Å². The molecule has 0 radical (unpaired) electrons. The van der Waals surface area contributed by atoms with E-state index in [9.17, 15) is 13.0 Å². The number of oxazole rings is 1. The van der Waals surface area contributed by atoms with Gasteiger partial charge in [-0.25, -0.2) is 13.4 Å². The number of benzene rings is 2. The summed E-state index contributed by atoms with van der Waals surface area (Å²) >= 11 is 0. The summed E-state index contributed by atoms with van der Waals surface area (Å²) in [6, 6.07) is 10.7. The largest absolute Gasteiger partial charge is 1.00 e. The Kier molecular flexibility index (Phi) is 4.40. The average Bonchev–Trinajstić information content (AvgIpc) is 2.81. The zero-order chi connectivity index (χ0) is 14.3. The molecule has 102 valence electrons. The van der Waals surface area contributed by atoms with Crippen molar-refractivity contribution in [3.8, 4) is 11.5 Å². The van der Waals surface area contributed by atoms with E-state index in [4.69, 9.17) is 10.2 Å². The van der Waals surface area contributed by atoms with Gasteiger partial charge in [-0.05, 0) is 30.3 Å². The van der Waals surface area contributed by atoms with Crippen LogP contribution in [0.4, 0.5) is 5.69 Å². The fourth-order valence-electron chi connectivity index (χ4n) is 1.86. The van der Waals surface area contributed by atoms with Crippen LogP contribution in [0.5, 0.6) is 0 Å². The molecule has 1 aromatic heterocycles. The van der Waals surface area contributed by atoms with E-state index < -0.39 is 10.1 Å². The van der Waals surface area contributed by atoms with Crippen LogP contribution in [0, 0.1) is 0 Å². The van der Waals surface area contributed by atoms with Gasteiger partial charge in [-0.15, -0.1) is 0 Å². The van der Waals surface area contributed by atoms with Crippen molar-refractivity contribution in [2.45, 2.75) is 4.90 Å². The van der Waals surface area contributed by atoms with E-state index in [1.165, 1.54) is 12.1 Å². The van der Waals surface area contributed by atoms with E-state index in [0.717, 1.165) is 6.07 Å². The second kappa shape index (κ2) is 5.78. The van der Waals surface area contributed by atoms with Gasteiger partial charge in [0.2, 0.25) is 5.89 Å². The van der Waals surface area contributed by atoms with Gasteiger partial charge in [-0.2, -0.15) is 0 Å². The molecule has 3 rings (SSSR count). The van der Waals surface area contributed by atoms with Gasteiger partial charge in [0.05, 0.1) is 10.5 Å². The Morgan fingerprint density at radius 2 is 1.86 bits per heavy atom. The summed E-state index contributed by atoms with van der Waals surface area (Å²) in [5, 5.41) is 0. The first-order valence-corrected chi connectivity index (χ1v) is 7.07. The maximum Gasteiger partial charge on any atom is 1.00 e. The predicted octanol–water partition coefficient (Wildman–Crippen LogP) is -1.01. The fourth-order valence-corrected chi connectivity index (χ4v) is 2.36. The summed E-state index contributed by atoms with van der Waals surface area (Å²) in [5.41, 5.74) is 7.52. The number of nitrogens with two attached hydrogens (primary N) is 1. The van der Waals surface area contributed by atoms with Gasteiger partial charge in [-0.1, -0.05) is 12.1 Å². The number of nitrogen functional groups attached to an aromatic ring is 1. The Hall–Kier alpha value is -1.38. The molecule has 2 aromatic carbocycles. The summed E-state index contributed by atoms with van der Waals surface area (Å²) in [5.74, 6) is 0.175. The van der Waals surface area contributed by atoms with Crippen molar-refractivity contribution in [2.24, 2.45) is 0 Å². The molecule has 0 fully saturated rings.